The van der Waals surface area contributed by atoms with Gasteiger partial charge >= 0.3 is 0 Å². The standard InChI is InChI=1S/C23H27N3O3/c1-4-29-18-12-6-5-11-17(18)26-23-16(10-7-8-15-24-23)22(25-26)21-19(27-2)13-9-14-20(21)28-3/h5-6,9,11-14,24H,4,7-8,10,15H2,1-3H3. The molecule has 0 spiro atoms. The van der Waals surface area contributed by atoms with Crippen molar-refractivity contribution in [3.63, 3.8) is 0 Å². The number of hydrogen-bond acceptors (Lipinski definition) is 5. The third-order valence-corrected chi connectivity index (χ3v) is 5.19. The molecule has 6 nitrogen and oxygen atoms in total. The molecule has 0 saturated carbocycles. The Morgan fingerprint density at radius 1 is 0.966 bits per heavy atom. The SMILES string of the molecule is CCOc1ccccc1-n1nc(-c2c(OC)cccc2OC)c2c1NCCCC2. The van der Waals surface area contributed by atoms with Crippen molar-refractivity contribution in [2.75, 3.05) is 32.7 Å². The molecule has 2 heterocycles. The van der Waals surface area contributed by atoms with E-state index in [9.17, 15) is 0 Å². The Morgan fingerprint density at radius 2 is 1.69 bits per heavy atom. The monoisotopic (exact) mass is 393 g/mol. The fourth-order valence-corrected chi connectivity index (χ4v) is 3.87. The predicted octanol–water partition coefficient (Wildman–Crippen LogP) is 4.70. The van der Waals surface area contributed by atoms with Crippen LogP contribution in [0.15, 0.2) is 42.5 Å². The number of hydrogen-bond donors (Lipinski definition) is 1. The Kier molecular flexibility index (Phi) is 5.60. The summed E-state index contributed by atoms with van der Waals surface area (Å²) in [6.07, 6.45) is 3.16. The number of benzene rings is 2. The molecule has 0 fully saturated rings. The van der Waals surface area contributed by atoms with Crippen molar-refractivity contribution in [1.29, 1.82) is 0 Å². The average molecular weight is 393 g/mol. The quantitative estimate of drug-likeness (QED) is 0.658. The van der Waals surface area contributed by atoms with Crippen LogP contribution in [-0.4, -0.2) is 37.2 Å². The number of ether oxygens (including phenoxy) is 3. The van der Waals surface area contributed by atoms with Crippen LogP contribution in [-0.2, 0) is 6.42 Å². The minimum atomic E-state index is 0.598. The molecule has 0 unspecified atom stereocenters. The normalized spacial score (nSPS) is 13.2. The molecule has 0 atom stereocenters. The fraction of sp³-hybridized carbons (Fsp3) is 0.348. The summed E-state index contributed by atoms with van der Waals surface area (Å²) in [7, 11) is 3.35. The van der Waals surface area contributed by atoms with Crippen molar-refractivity contribution in [3.05, 3.63) is 48.0 Å². The van der Waals surface area contributed by atoms with Gasteiger partial charge in [-0.1, -0.05) is 18.2 Å². The third-order valence-electron chi connectivity index (χ3n) is 5.19. The van der Waals surface area contributed by atoms with Crippen LogP contribution in [0.25, 0.3) is 16.9 Å². The van der Waals surface area contributed by atoms with E-state index in [-0.39, 0.29) is 0 Å². The molecule has 0 radical (unpaired) electrons. The van der Waals surface area contributed by atoms with Crippen molar-refractivity contribution in [1.82, 2.24) is 9.78 Å². The summed E-state index contributed by atoms with van der Waals surface area (Å²) in [6.45, 7) is 3.50. The molecule has 6 heteroatoms. The zero-order chi connectivity index (χ0) is 20.2. The molecule has 29 heavy (non-hydrogen) atoms. The van der Waals surface area contributed by atoms with E-state index in [1.54, 1.807) is 14.2 Å². The van der Waals surface area contributed by atoms with Crippen LogP contribution in [0.3, 0.4) is 0 Å². The highest BCUT2D eigenvalue weighted by Gasteiger charge is 2.26. The van der Waals surface area contributed by atoms with Crippen molar-refractivity contribution >= 4 is 5.82 Å². The average Bonchev–Trinajstić information content (AvgIpc) is 2.93. The molecule has 1 aromatic heterocycles. The lowest BCUT2D eigenvalue weighted by molar-refractivity contribution is 0.338. The van der Waals surface area contributed by atoms with Crippen LogP contribution in [0, 0.1) is 0 Å². The Morgan fingerprint density at radius 3 is 2.41 bits per heavy atom. The van der Waals surface area contributed by atoms with Crippen molar-refractivity contribution in [2.45, 2.75) is 26.2 Å². The van der Waals surface area contributed by atoms with E-state index in [1.165, 1.54) is 5.56 Å². The van der Waals surface area contributed by atoms with E-state index in [2.05, 4.69) is 5.32 Å². The highest BCUT2D eigenvalue weighted by molar-refractivity contribution is 5.80. The van der Waals surface area contributed by atoms with Crippen LogP contribution in [0.1, 0.15) is 25.3 Å². The molecular weight excluding hydrogens is 366 g/mol. The van der Waals surface area contributed by atoms with Gasteiger partial charge in [-0.3, -0.25) is 0 Å². The summed E-state index contributed by atoms with van der Waals surface area (Å²) in [5, 5.41) is 8.64. The minimum Gasteiger partial charge on any atom is -0.496 e. The van der Waals surface area contributed by atoms with Gasteiger partial charge in [0.2, 0.25) is 0 Å². The molecule has 1 aliphatic rings. The molecule has 0 bridgehead atoms. The topological polar surface area (TPSA) is 57.5 Å². The summed E-state index contributed by atoms with van der Waals surface area (Å²) >= 11 is 0. The summed E-state index contributed by atoms with van der Waals surface area (Å²) in [4.78, 5) is 0. The maximum absolute atomic E-state index is 5.88. The molecular formula is C23H27N3O3. The highest BCUT2D eigenvalue weighted by Crippen LogP contribution is 2.43. The maximum Gasteiger partial charge on any atom is 0.145 e. The van der Waals surface area contributed by atoms with E-state index in [1.807, 2.05) is 54.1 Å². The summed E-state index contributed by atoms with van der Waals surface area (Å²) < 4.78 is 19.2. The Balaban J connectivity index is 1.97. The first kappa shape index (κ1) is 19.2. The van der Waals surface area contributed by atoms with E-state index >= 15 is 0 Å². The first-order valence-electron chi connectivity index (χ1n) is 10.1. The fourth-order valence-electron chi connectivity index (χ4n) is 3.87. The number of methoxy groups -OCH3 is 2. The minimum absolute atomic E-state index is 0.598. The number of nitrogens with one attached hydrogen (secondary N) is 1. The second-order valence-electron chi connectivity index (χ2n) is 6.91. The lowest BCUT2D eigenvalue weighted by Crippen LogP contribution is -2.08. The zero-order valence-electron chi connectivity index (χ0n) is 17.2. The van der Waals surface area contributed by atoms with Gasteiger partial charge in [0.15, 0.2) is 0 Å². The van der Waals surface area contributed by atoms with Crippen molar-refractivity contribution in [3.8, 4) is 34.2 Å². The van der Waals surface area contributed by atoms with Gasteiger partial charge in [-0.05, 0) is 50.5 Å². The molecule has 3 aromatic rings. The summed E-state index contributed by atoms with van der Waals surface area (Å²) in [5.74, 6) is 3.32. The first-order chi connectivity index (χ1) is 14.3. The number of aromatic nitrogens is 2. The van der Waals surface area contributed by atoms with Gasteiger partial charge in [-0.25, -0.2) is 4.68 Å². The number of fused-ring (bicyclic) bond motifs is 1. The van der Waals surface area contributed by atoms with Crippen LogP contribution < -0.4 is 19.5 Å². The van der Waals surface area contributed by atoms with Crippen molar-refractivity contribution in [2.24, 2.45) is 0 Å². The van der Waals surface area contributed by atoms with Gasteiger partial charge in [0.25, 0.3) is 0 Å². The molecule has 0 saturated heterocycles. The molecule has 0 aliphatic carbocycles. The molecule has 2 aromatic carbocycles. The summed E-state index contributed by atoms with van der Waals surface area (Å²) in [6, 6.07) is 13.8. The van der Waals surface area contributed by atoms with E-state index in [0.717, 1.165) is 65.8 Å². The van der Waals surface area contributed by atoms with Gasteiger partial charge in [0, 0.05) is 12.1 Å². The Bertz CT molecular complexity index is 975. The summed E-state index contributed by atoms with van der Waals surface area (Å²) in [5.41, 5.74) is 3.86. The van der Waals surface area contributed by atoms with Gasteiger partial charge in [0.05, 0.1) is 26.4 Å². The number of nitrogens with zero attached hydrogens (tertiary/aromatic N) is 2. The van der Waals surface area contributed by atoms with Crippen LogP contribution in [0.4, 0.5) is 5.82 Å². The van der Waals surface area contributed by atoms with Crippen molar-refractivity contribution < 1.29 is 14.2 Å². The zero-order valence-corrected chi connectivity index (χ0v) is 17.2. The van der Waals surface area contributed by atoms with Gasteiger partial charge in [-0.2, -0.15) is 5.10 Å². The van der Waals surface area contributed by atoms with Gasteiger partial charge < -0.3 is 19.5 Å². The first-order valence-corrected chi connectivity index (χ1v) is 10.1. The largest absolute Gasteiger partial charge is 0.496 e. The van der Waals surface area contributed by atoms with Crippen LogP contribution in [0.5, 0.6) is 17.2 Å². The maximum atomic E-state index is 5.88. The second kappa shape index (κ2) is 8.47. The van der Waals surface area contributed by atoms with E-state index < -0.39 is 0 Å². The van der Waals surface area contributed by atoms with Gasteiger partial charge in [-0.15, -0.1) is 0 Å². The van der Waals surface area contributed by atoms with E-state index in [4.69, 9.17) is 19.3 Å². The molecule has 4 rings (SSSR count). The van der Waals surface area contributed by atoms with Crippen LogP contribution >= 0.6 is 0 Å². The molecule has 0 amide bonds. The predicted molar refractivity (Wildman–Crippen MR) is 115 cm³/mol. The van der Waals surface area contributed by atoms with Crippen LogP contribution in [0.2, 0.25) is 0 Å². The second-order valence-corrected chi connectivity index (χ2v) is 6.91. The molecule has 152 valence electrons. The Hall–Kier alpha value is -3.15. The lowest BCUT2D eigenvalue weighted by atomic mass is 10.0. The molecule has 1 N–H and O–H groups in total. The number of anilines is 1. The lowest BCUT2D eigenvalue weighted by Gasteiger charge is -2.13. The van der Waals surface area contributed by atoms with E-state index in [0.29, 0.717) is 6.61 Å². The number of rotatable bonds is 6. The Labute approximate surface area is 171 Å². The highest BCUT2D eigenvalue weighted by atomic mass is 16.5. The van der Waals surface area contributed by atoms with Gasteiger partial charge in [0.1, 0.15) is 34.4 Å². The molecule has 1 aliphatic heterocycles. The number of para-hydroxylation sites is 2. The third kappa shape index (κ3) is 3.50. The smallest absolute Gasteiger partial charge is 0.145 e.